The molecule has 152 valence electrons. The Balaban J connectivity index is 1.70. The first-order valence-corrected chi connectivity index (χ1v) is 10.6. The molecule has 2 aliphatic rings. The summed E-state index contributed by atoms with van der Waals surface area (Å²) in [6, 6.07) is 15.8. The maximum atomic E-state index is 13.3. The topological polar surface area (TPSA) is 65.2 Å². The molecule has 2 N–H and O–H groups in total. The van der Waals surface area contributed by atoms with Gasteiger partial charge in [-0.15, -0.1) is 0 Å². The quantitative estimate of drug-likeness (QED) is 0.625. The Morgan fingerprint density at radius 2 is 1.73 bits per heavy atom. The van der Waals surface area contributed by atoms with Crippen LogP contribution in [-0.4, -0.2) is 34.8 Å². The van der Waals surface area contributed by atoms with E-state index >= 15 is 0 Å². The van der Waals surface area contributed by atoms with E-state index in [0.29, 0.717) is 5.57 Å². The van der Waals surface area contributed by atoms with Gasteiger partial charge in [0.15, 0.2) is 0 Å². The van der Waals surface area contributed by atoms with Crippen molar-refractivity contribution in [2.24, 2.45) is 0 Å². The number of piperidine rings is 1. The maximum absolute atomic E-state index is 13.3. The van der Waals surface area contributed by atoms with Crippen molar-refractivity contribution in [1.29, 1.82) is 0 Å². The number of rotatable bonds is 3. The summed E-state index contributed by atoms with van der Waals surface area (Å²) in [6.45, 7) is 3.62. The van der Waals surface area contributed by atoms with Crippen molar-refractivity contribution >= 4 is 39.6 Å². The molecule has 2 amide bonds. The third kappa shape index (κ3) is 3.11. The van der Waals surface area contributed by atoms with Crippen LogP contribution in [0.3, 0.4) is 0 Å². The average molecular weight is 399 g/mol. The Kier molecular flexibility index (Phi) is 4.66. The molecule has 0 aliphatic carbocycles. The number of hydrogen-bond acceptors (Lipinski definition) is 2. The first-order valence-electron chi connectivity index (χ1n) is 10.6. The molecule has 0 saturated carbocycles. The lowest BCUT2D eigenvalue weighted by atomic mass is 9.90. The lowest BCUT2D eigenvalue weighted by Crippen LogP contribution is -2.35. The third-order valence-corrected chi connectivity index (χ3v) is 6.21. The number of aromatic nitrogens is 1. The number of carbonyl (C=O) groups excluding carboxylic acids is 2. The van der Waals surface area contributed by atoms with Crippen LogP contribution in [0.5, 0.6) is 0 Å². The highest BCUT2D eigenvalue weighted by molar-refractivity contribution is 6.38. The second kappa shape index (κ2) is 7.48. The number of hydrogen-bond donors (Lipinski definition) is 2. The monoisotopic (exact) mass is 399 g/mol. The first kappa shape index (κ1) is 18.7. The SMILES string of the molecule is Cc1[nH]c2ccccc2c1C(CC(=O)N1CCCCC1)=C1C(=O)Nc2ccccc21. The number of aromatic amines is 1. The molecule has 0 radical (unpaired) electrons. The highest BCUT2D eigenvalue weighted by Gasteiger charge is 2.31. The van der Waals surface area contributed by atoms with E-state index in [4.69, 9.17) is 0 Å². The molecular weight excluding hydrogens is 374 g/mol. The van der Waals surface area contributed by atoms with Crippen molar-refractivity contribution in [2.75, 3.05) is 18.4 Å². The summed E-state index contributed by atoms with van der Waals surface area (Å²) in [6.07, 6.45) is 3.50. The van der Waals surface area contributed by atoms with Crippen LogP contribution < -0.4 is 5.32 Å². The molecular formula is C25H25N3O2. The number of nitrogens with one attached hydrogen (secondary N) is 2. The Labute approximate surface area is 175 Å². The summed E-state index contributed by atoms with van der Waals surface area (Å²) < 4.78 is 0. The van der Waals surface area contributed by atoms with Crippen LogP contribution in [0.1, 0.15) is 42.5 Å². The highest BCUT2D eigenvalue weighted by atomic mass is 16.2. The van der Waals surface area contributed by atoms with Gasteiger partial charge in [-0.2, -0.15) is 0 Å². The molecule has 0 spiro atoms. The van der Waals surface area contributed by atoms with Crippen molar-refractivity contribution in [3.05, 3.63) is 65.4 Å². The van der Waals surface area contributed by atoms with E-state index in [1.807, 2.05) is 54.3 Å². The third-order valence-electron chi connectivity index (χ3n) is 6.21. The van der Waals surface area contributed by atoms with Gasteiger partial charge in [-0.25, -0.2) is 0 Å². The van der Waals surface area contributed by atoms with Gasteiger partial charge in [0, 0.05) is 46.5 Å². The van der Waals surface area contributed by atoms with Crippen LogP contribution in [0.15, 0.2) is 48.5 Å². The van der Waals surface area contributed by atoms with Crippen LogP contribution in [-0.2, 0) is 9.59 Å². The molecule has 0 bridgehead atoms. The number of benzene rings is 2. The number of likely N-dealkylation sites (tertiary alicyclic amines) is 1. The van der Waals surface area contributed by atoms with Crippen LogP contribution in [0.4, 0.5) is 5.69 Å². The minimum Gasteiger partial charge on any atom is -0.358 e. The molecule has 5 nitrogen and oxygen atoms in total. The van der Waals surface area contributed by atoms with E-state index in [1.54, 1.807) is 0 Å². The Morgan fingerprint density at radius 3 is 2.57 bits per heavy atom. The summed E-state index contributed by atoms with van der Waals surface area (Å²) in [5.41, 5.74) is 6.05. The Bertz CT molecular complexity index is 1180. The minimum absolute atomic E-state index is 0.0964. The first-order chi connectivity index (χ1) is 14.6. The van der Waals surface area contributed by atoms with Crippen molar-refractivity contribution in [3.63, 3.8) is 0 Å². The number of anilines is 1. The molecule has 3 heterocycles. The van der Waals surface area contributed by atoms with Gasteiger partial charge in [-0.3, -0.25) is 9.59 Å². The number of para-hydroxylation sites is 2. The van der Waals surface area contributed by atoms with Crippen LogP contribution in [0, 0.1) is 6.92 Å². The van der Waals surface area contributed by atoms with Gasteiger partial charge in [0.1, 0.15) is 0 Å². The number of carbonyl (C=O) groups is 2. The molecule has 1 saturated heterocycles. The second-order valence-corrected chi connectivity index (χ2v) is 8.14. The van der Waals surface area contributed by atoms with Crippen LogP contribution >= 0.6 is 0 Å². The van der Waals surface area contributed by atoms with Gasteiger partial charge in [-0.1, -0.05) is 36.4 Å². The fraction of sp³-hybridized carbons (Fsp3) is 0.280. The standard InChI is InChI=1S/C25H25N3O2/c1-16-23(17-9-3-5-11-20(17)26-16)19(15-22(29)28-13-7-2-8-14-28)24-18-10-4-6-12-21(18)27-25(24)30/h3-6,9-12,26H,2,7-8,13-15H2,1H3,(H,27,30). The molecule has 30 heavy (non-hydrogen) atoms. The fourth-order valence-corrected chi connectivity index (χ4v) is 4.79. The minimum atomic E-state index is -0.137. The van der Waals surface area contributed by atoms with E-state index in [-0.39, 0.29) is 18.2 Å². The van der Waals surface area contributed by atoms with Gasteiger partial charge in [0.25, 0.3) is 5.91 Å². The predicted molar refractivity (Wildman–Crippen MR) is 120 cm³/mol. The zero-order valence-electron chi connectivity index (χ0n) is 17.1. The average Bonchev–Trinajstić information content (AvgIpc) is 3.28. The highest BCUT2D eigenvalue weighted by Crippen LogP contribution is 2.41. The van der Waals surface area contributed by atoms with Crippen molar-refractivity contribution < 1.29 is 9.59 Å². The molecule has 3 aromatic rings. The molecule has 1 fully saturated rings. The second-order valence-electron chi connectivity index (χ2n) is 8.14. The smallest absolute Gasteiger partial charge is 0.256 e. The summed E-state index contributed by atoms with van der Waals surface area (Å²) in [5, 5.41) is 4.02. The molecule has 2 aliphatic heterocycles. The van der Waals surface area contributed by atoms with Crippen LogP contribution in [0.2, 0.25) is 0 Å². The number of H-pyrrole nitrogens is 1. The van der Waals surface area contributed by atoms with Crippen LogP contribution in [0.25, 0.3) is 22.0 Å². The number of nitrogens with zero attached hydrogens (tertiary/aromatic N) is 1. The molecule has 5 rings (SSSR count). The summed E-state index contributed by atoms with van der Waals surface area (Å²) in [7, 11) is 0. The van der Waals surface area contributed by atoms with E-state index < -0.39 is 0 Å². The number of amides is 2. The van der Waals surface area contributed by atoms with E-state index in [1.165, 1.54) is 6.42 Å². The van der Waals surface area contributed by atoms with Crippen molar-refractivity contribution in [2.45, 2.75) is 32.6 Å². The Morgan fingerprint density at radius 1 is 1.00 bits per heavy atom. The lowest BCUT2D eigenvalue weighted by Gasteiger charge is -2.27. The molecule has 5 heteroatoms. The summed E-state index contributed by atoms with van der Waals surface area (Å²) in [5.74, 6) is -0.0404. The molecule has 0 unspecified atom stereocenters. The predicted octanol–water partition coefficient (Wildman–Crippen LogP) is 4.74. The zero-order chi connectivity index (χ0) is 20.7. The van der Waals surface area contributed by atoms with Crippen molar-refractivity contribution in [3.8, 4) is 0 Å². The van der Waals surface area contributed by atoms with E-state index in [9.17, 15) is 9.59 Å². The molecule has 0 atom stereocenters. The van der Waals surface area contributed by atoms with E-state index in [2.05, 4.69) is 16.4 Å². The van der Waals surface area contributed by atoms with Gasteiger partial charge in [0.05, 0.1) is 12.0 Å². The Hall–Kier alpha value is -3.34. The van der Waals surface area contributed by atoms with Gasteiger partial charge >= 0.3 is 0 Å². The molecule has 1 aromatic heterocycles. The van der Waals surface area contributed by atoms with Crippen molar-refractivity contribution in [1.82, 2.24) is 9.88 Å². The maximum Gasteiger partial charge on any atom is 0.256 e. The van der Waals surface area contributed by atoms with Gasteiger partial charge in [0.2, 0.25) is 5.91 Å². The zero-order valence-corrected chi connectivity index (χ0v) is 17.1. The lowest BCUT2D eigenvalue weighted by molar-refractivity contribution is -0.130. The molecule has 2 aromatic carbocycles. The summed E-state index contributed by atoms with van der Waals surface area (Å²) >= 11 is 0. The van der Waals surface area contributed by atoms with E-state index in [0.717, 1.165) is 64.9 Å². The normalized spacial score (nSPS) is 17.8. The fourth-order valence-electron chi connectivity index (χ4n) is 4.79. The largest absolute Gasteiger partial charge is 0.358 e. The number of fused-ring (bicyclic) bond motifs is 2. The van der Waals surface area contributed by atoms with Gasteiger partial charge in [-0.05, 0) is 43.9 Å². The number of aryl methyl sites for hydroxylation is 1. The summed E-state index contributed by atoms with van der Waals surface area (Å²) in [4.78, 5) is 31.7. The van der Waals surface area contributed by atoms with Gasteiger partial charge < -0.3 is 15.2 Å².